The molecule has 6 nitrogen and oxygen atoms in total. The van der Waals surface area contributed by atoms with E-state index in [-0.39, 0.29) is 5.91 Å². The van der Waals surface area contributed by atoms with Crippen molar-refractivity contribution in [2.45, 2.75) is 26.9 Å². The summed E-state index contributed by atoms with van der Waals surface area (Å²) in [5, 5.41) is 6.18. The van der Waals surface area contributed by atoms with Gasteiger partial charge in [0.15, 0.2) is 0 Å². The Balaban J connectivity index is 1.71. The zero-order chi connectivity index (χ0) is 19.9. The lowest BCUT2D eigenvalue weighted by Gasteiger charge is -2.13. The summed E-state index contributed by atoms with van der Waals surface area (Å²) in [4.78, 5) is 21.2. The second kappa shape index (κ2) is 8.99. The normalized spacial score (nSPS) is 10.4. The number of hydrogen-bond acceptors (Lipinski definition) is 5. The van der Waals surface area contributed by atoms with Crippen molar-refractivity contribution < 1.29 is 9.53 Å². The number of rotatable bonds is 7. The molecular weight excluding hydrogens is 352 g/mol. The molecule has 1 amide bonds. The van der Waals surface area contributed by atoms with Crippen LogP contribution in [-0.2, 0) is 13.1 Å². The van der Waals surface area contributed by atoms with E-state index in [1.54, 1.807) is 20.2 Å². The summed E-state index contributed by atoms with van der Waals surface area (Å²) in [6.07, 6.45) is 1.56. The van der Waals surface area contributed by atoms with Crippen molar-refractivity contribution in [3.63, 3.8) is 0 Å². The minimum atomic E-state index is -0.211. The highest BCUT2D eigenvalue weighted by atomic mass is 16.5. The van der Waals surface area contributed by atoms with E-state index < -0.39 is 0 Å². The van der Waals surface area contributed by atoms with Crippen LogP contribution in [0.25, 0.3) is 0 Å². The number of anilines is 1. The summed E-state index contributed by atoms with van der Waals surface area (Å²) in [5.74, 6) is 1.76. The molecule has 2 N–H and O–H groups in total. The van der Waals surface area contributed by atoms with Crippen LogP contribution in [-0.4, -0.2) is 23.0 Å². The first-order chi connectivity index (χ1) is 13.6. The fourth-order valence-electron chi connectivity index (χ4n) is 2.88. The second-order valence-corrected chi connectivity index (χ2v) is 6.51. The number of hydrogen-bond donors (Lipinski definition) is 2. The van der Waals surface area contributed by atoms with E-state index in [0.29, 0.717) is 30.3 Å². The van der Waals surface area contributed by atoms with E-state index in [9.17, 15) is 4.79 Å². The van der Waals surface area contributed by atoms with Gasteiger partial charge in [0.2, 0.25) is 0 Å². The average Bonchev–Trinajstić information content (AvgIpc) is 2.71. The van der Waals surface area contributed by atoms with Crippen molar-refractivity contribution in [2.75, 3.05) is 12.4 Å². The largest absolute Gasteiger partial charge is 0.496 e. The van der Waals surface area contributed by atoms with Crippen LogP contribution in [0, 0.1) is 13.8 Å². The lowest BCUT2D eigenvalue weighted by atomic mass is 10.1. The first-order valence-electron chi connectivity index (χ1n) is 9.10. The molecule has 0 unspecified atom stereocenters. The van der Waals surface area contributed by atoms with Crippen LogP contribution in [0.15, 0.2) is 54.7 Å². The van der Waals surface area contributed by atoms with Gasteiger partial charge in [0, 0.05) is 19.3 Å². The van der Waals surface area contributed by atoms with Crippen molar-refractivity contribution in [3.8, 4) is 5.75 Å². The number of carbonyl (C=O) groups excluding carboxylic acids is 1. The topological polar surface area (TPSA) is 76.1 Å². The molecular formula is C22H24N4O2. The first-order valence-corrected chi connectivity index (χ1v) is 9.10. The molecule has 0 fully saturated rings. The third kappa shape index (κ3) is 4.85. The Bertz CT molecular complexity index is 958. The molecule has 1 heterocycles. The Labute approximate surface area is 165 Å². The molecule has 0 aliphatic carbocycles. The second-order valence-electron chi connectivity index (χ2n) is 6.51. The Kier molecular flexibility index (Phi) is 6.22. The number of benzene rings is 2. The predicted octanol–water partition coefficient (Wildman–Crippen LogP) is 3.64. The van der Waals surface area contributed by atoms with Crippen molar-refractivity contribution >= 4 is 11.7 Å². The van der Waals surface area contributed by atoms with Crippen LogP contribution in [0.5, 0.6) is 5.75 Å². The van der Waals surface area contributed by atoms with Gasteiger partial charge in [0.1, 0.15) is 23.0 Å². The monoisotopic (exact) mass is 376 g/mol. The molecule has 1 aromatic heterocycles. The molecule has 0 aliphatic heterocycles. The highest BCUT2D eigenvalue weighted by Gasteiger charge is 2.14. The van der Waals surface area contributed by atoms with Crippen LogP contribution in [0.1, 0.15) is 32.9 Å². The van der Waals surface area contributed by atoms with Gasteiger partial charge in [-0.25, -0.2) is 9.97 Å². The quantitative estimate of drug-likeness (QED) is 0.658. The third-order valence-corrected chi connectivity index (χ3v) is 4.37. The SMILES string of the molecule is COc1ccc(CNc2nc(C)ncc2C(=O)NCc2ccccc2)cc1C. The van der Waals surface area contributed by atoms with Gasteiger partial charge in [-0.15, -0.1) is 0 Å². The summed E-state index contributed by atoms with van der Waals surface area (Å²) in [6.45, 7) is 4.79. The van der Waals surface area contributed by atoms with Gasteiger partial charge in [0.05, 0.1) is 7.11 Å². The zero-order valence-corrected chi connectivity index (χ0v) is 16.3. The maximum Gasteiger partial charge on any atom is 0.256 e. The molecule has 0 saturated heterocycles. The van der Waals surface area contributed by atoms with Crippen molar-refractivity contribution in [2.24, 2.45) is 0 Å². The predicted molar refractivity (Wildman–Crippen MR) is 109 cm³/mol. The molecule has 0 saturated carbocycles. The number of aryl methyl sites for hydroxylation is 2. The summed E-state index contributed by atoms with van der Waals surface area (Å²) in [7, 11) is 1.66. The number of carbonyl (C=O) groups is 1. The zero-order valence-electron chi connectivity index (χ0n) is 16.3. The van der Waals surface area contributed by atoms with Crippen LogP contribution >= 0.6 is 0 Å². The smallest absolute Gasteiger partial charge is 0.256 e. The third-order valence-electron chi connectivity index (χ3n) is 4.37. The first kappa shape index (κ1) is 19.4. The Morgan fingerprint density at radius 1 is 1.04 bits per heavy atom. The molecule has 0 bridgehead atoms. The molecule has 6 heteroatoms. The van der Waals surface area contributed by atoms with E-state index in [1.165, 1.54) is 0 Å². The van der Waals surface area contributed by atoms with E-state index in [4.69, 9.17) is 4.74 Å². The highest BCUT2D eigenvalue weighted by molar-refractivity contribution is 5.98. The van der Waals surface area contributed by atoms with Crippen LogP contribution in [0.2, 0.25) is 0 Å². The number of amides is 1. The number of ether oxygens (including phenoxy) is 1. The maximum absolute atomic E-state index is 12.7. The van der Waals surface area contributed by atoms with Crippen LogP contribution < -0.4 is 15.4 Å². The fourth-order valence-corrected chi connectivity index (χ4v) is 2.88. The van der Waals surface area contributed by atoms with Gasteiger partial charge in [-0.1, -0.05) is 42.5 Å². The van der Waals surface area contributed by atoms with E-state index >= 15 is 0 Å². The summed E-state index contributed by atoms with van der Waals surface area (Å²) in [5.41, 5.74) is 3.59. The lowest BCUT2D eigenvalue weighted by Crippen LogP contribution is -2.24. The maximum atomic E-state index is 12.7. The molecule has 2 aromatic carbocycles. The van der Waals surface area contributed by atoms with Gasteiger partial charge in [-0.2, -0.15) is 0 Å². The van der Waals surface area contributed by atoms with Gasteiger partial charge >= 0.3 is 0 Å². The average molecular weight is 376 g/mol. The Morgan fingerprint density at radius 2 is 1.82 bits per heavy atom. The minimum Gasteiger partial charge on any atom is -0.496 e. The molecule has 0 aliphatic rings. The van der Waals surface area contributed by atoms with Gasteiger partial charge < -0.3 is 15.4 Å². The van der Waals surface area contributed by atoms with Gasteiger partial charge in [-0.3, -0.25) is 4.79 Å². The Hall–Kier alpha value is -3.41. The molecule has 144 valence electrons. The van der Waals surface area contributed by atoms with Crippen molar-refractivity contribution in [1.29, 1.82) is 0 Å². The summed E-state index contributed by atoms with van der Waals surface area (Å²) in [6, 6.07) is 15.7. The number of nitrogens with zero attached hydrogens (tertiary/aromatic N) is 2. The lowest BCUT2D eigenvalue weighted by molar-refractivity contribution is 0.0951. The molecule has 3 aromatic rings. The standard InChI is InChI=1S/C22H24N4O2/c1-15-11-18(9-10-20(15)28-3)13-24-21-19(14-23-16(2)26-21)22(27)25-12-17-7-5-4-6-8-17/h4-11,14H,12-13H2,1-3H3,(H,25,27)(H,23,24,26). The number of aromatic nitrogens is 2. The molecule has 0 spiro atoms. The highest BCUT2D eigenvalue weighted by Crippen LogP contribution is 2.20. The molecule has 3 rings (SSSR count). The minimum absolute atomic E-state index is 0.211. The fraction of sp³-hybridized carbons (Fsp3) is 0.227. The summed E-state index contributed by atoms with van der Waals surface area (Å²) >= 11 is 0. The summed E-state index contributed by atoms with van der Waals surface area (Å²) < 4.78 is 5.30. The van der Waals surface area contributed by atoms with E-state index in [1.807, 2.05) is 49.4 Å². The van der Waals surface area contributed by atoms with Crippen LogP contribution in [0.3, 0.4) is 0 Å². The molecule has 0 atom stereocenters. The van der Waals surface area contributed by atoms with E-state index in [0.717, 1.165) is 22.4 Å². The van der Waals surface area contributed by atoms with Crippen molar-refractivity contribution in [3.05, 3.63) is 82.8 Å². The Morgan fingerprint density at radius 3 is 2.54 bits per heavy atom. The molecule has 28 heavy (non-hydrogen) atoms. The number of methoxy groups -OCH3 is 1. The number of nitrogens with one attached hydrogen (secondary N) is 2. The van der Waals surface area contributed by atoms with Gasteiger partial charge in [-0.05, 0) is 36.6 Å². The van der Waals surface area contributed by atoms with Crippen LogP contribution in [0.4, 0.5) is 5.82 Å². The van der Waals surface area contributed by atoms with E-state index in [2.05, 4.69) is 26.7 Å². The van der Waals surface area contributed by atoms with Gasteiger partial charge in [0.25, 0.3) is 5.91 Å². The molecule has 0 radical (unpaired) electrons. The van der Waals surface area contributed by atoms with Crippen molar-refractivity contribution in [1.82, 2.24) is 15.3 Å².